The van der Waals surface area contributed by atoms with Gasteiger partial charge in [-0.05, 0) is 35.7 Å². The third-order valence-corrected chi connectivity index (χ3v) is 5.84. The summed E-state index contributed by atoms with van der Waals surface area (Å²) in [5.41, 5.74) is 1.49. The average Bonchev–Trinajstić information content (AvgIpc) is 2.92. The van der Waals surface area contributed by atoms with Gasteiger partial charge in [0.15, 0.2) is 0 Å². The van der Waals surface area contributed by atoms with Crippen LogP contribution in [0.3, 0.4) is 0 Å². The molecule has 0 aliphatic carbocycles. The van der Waals surface area contributed by atoms with Gasteiger partial charge in [-0.2, -0.15) is 0 Å². The second-order valence-corrected chi connectivity index (χ2v) is 13.3. The van der Waals surface area contributed by atoms with Crippen LogP contribution in [0.2, 0.25) is 25.7 Å². The molecule has 1 aromatic carbocycles. The SMILES string of the molecule is CCc1ccc(C/C(=C/Sc2ccccc2)C[Si](C)(C)C)o1. The molecule has 2 rings (SSSR count). The lowest BCUT2D eigenvalue weighted by atomic mass is 10.2. The van der Waals surface area contributed by atoms with Crippen molar-refractivity contribution in [2.45, 2.75) is 50.3 Å². The van der Waals surface area contributed by atoms with Crippen LogP contribution in [0.5, 0.6) is 0 Å². The first-order chi connectivity index (χ1) is 10.5. The van der Waals surface area contributed by atoms with Gasteiger partial charge in [0.05, 0.1) is 0 Å². The van der Waals surface area contributed by atoms with E-state index in [1.165, 1.54) is 16.5 Å². The Bertz CT molecular complexity index is 608. The first kappa shape index (κ1) is 17.2. The van der Waals surface area contributed by atoms with Crippen molar-refractivity contribution in [2.24, 2.45) is 0 Å². The van der Waals surface area contributed by atoms with Crippen LogP contribution >= 0.6 is 11.8 Å². The number of furan rings is 1. The van der Waals surface area contributed by atoms with Crippen LogP contribution in [0.4, 0.5) is 0 Å². The van der Waals surface area contributed by atoms with E-state index in [1.54, 1.807) is 0 Å². The second kappa shape index (κ2) is 7.89. The molecule has 0 unspecified atom stereocenters. The van der Waals surface area contributed by atoms with Crippen molar-refractivity contribution < 1.29 is 4.42 Å². The zero-order valence-corrected chi connectivity index (χ0v) is 15.9. The van der Waals surface area contributed by atoms with E-state index in [2.05, 4.69) is 74.4 Å². The summed E-state index contributed by atoms with van der Waals surface area (Å²) >= 11 is 1.82. The van der Waals surface area contributed by atoms with Gasteiger partial charge in [-0.15, -0.1) is 0 Å². The maximum atomic E-state index is 5.90. The Hall–Kier alpha value is -1.19. The highest BCUT2D eigenvalue weighted by atomic mass is 32.2. The maximum absolute atomic E-state index is 5.90. The minimum absolute atomic E-state index is 0.935. The van der Waals surface area contributed by atoms with Gasteiger partial charge in [0.1, 0.15) is 11.5 Å². The third kappa shape index (κ3) is 5.89. The molecule has 2 aromatic rings. The summed E-state index contributed by atoms with van der Waals surface area (Å²) in [5, 5.41) is 2.34. The van der Waals surface area contributed by atoms with E-state index in [4.69, 9.17) is 4.42 Å². The first-order valence-corrected chi connectivity index (χ1v) is 12.5. The fourth-order valence-electron chi connectivity index (χ4n) is 2.41. The van der Waals surface area contributed by atoms with Gasteiger partial charge in [0.2, 0.25) is 0 Å². The first-order valence-electron chi connectivity index (χ1n) is 7.93. The van der Waals surface area contributed by atoms with Crippen molar-refractivity contribution in [3.63, 3.8) is 0 Å². The number of hydrogen-bond acceptors (Lipinski definition) is 2. The molecule has 3 heteroatoms. The molecule has 0 aliphatic rings. The van der Waals surface area contributed by atoms with Crippen molar-refractivity contribution in [1.29, 1.82) is 0 Å². The minimum Gasteiger partial charge on any atom is -0.466 e. The highest BCUT2D eigenvalue weighted by Crippen LogP contribution is 2.27. The Morgan fingerprint density at radius 2 is 1.73 bits per heavy atom. The average molecular weight is 331 g/mol. The molecule has 0 N–H and O–H groups in total. The maximum Gasteiger partial charge on any atom is 0.108 e. The molecule has 0 aliphatic heterocycles. The lowest BCUT2D eigenvalue weighted by Crippen LogP contribution is -2.20. The van der Waals surface area contributed by atoms with E-state index in [0.717, 1.165) is 24.4 Å². The van der Waals surface area contributed by atoms with Gasteiger partial charge in [-0.1, -0.05) is 62.1 Å². The van der Waals surface area contributed by atoms with Crippen molar-refractivity contribution in [3.05, 3.63) is 65.0 Å². The fourth-order valence-corrected chi connectivity index (χ4v) is 4.93. The van der Waals surface area contributed by atoms with Crippen molar-refractivity contribution in [3.8, 4) is 0 Å². The number of benzene rings is 1. The van der Waals surface area contributed by atoms with Crippen LogP contribution in [0.15, 0.2) is 62.8 Å². The van der Waals surface area contributed by atoms with E-state index < -0.39 is 8.07 Å². The fraction of sp³-hybridized carbons (Fsp3) is 0.368. The summed E-state index contributed by atoms with van der Waals surface area (Å²) in [6.07, 6.45) is 1.90. The highest BCUT2D eigenvalue weighted by molar-refractivity contribution is 8.02. The van der Waals surface area contributed by atoms with Crippen LogP contribution in [0.1, 0.15) is 18.4 Å². The Balaban J connectivity index is 2.11. The van der Waals surface area contributed by atoms with E-state index in [9.17, 15) is 0 Å². The second-order valence-electron chi connectivity index (χ2n) is 6.84. The number of rotatable bonds is 7. The van der Waals surface area contributed by atoms with Crippen molar-refractivity contribution in [1.82, 2.24) is 0 Å². The quantitative estimate of drug-likeness (QED) is 0.430. The smallest absolute Gasteiger partial charge is 0.108 e. The number of hydrogen-bond donors (Lipinski definition) is 0. The van der Waals surface area contributed by atoms with Crippen LogP contribution in [0, 0.1) is 0 Å². The van der Waals surface area contributed by atoms with Crippen molar-refractivity contribution >= 4 is 19.8 Å². The van der Waals surface area contributed by atoms with Gasteiger partial charge in [-0.3, -0.25) is 0 Å². The zero-order chi connectivity index (χ0) is 16.0. The lowest BCUT2D eigenvalue weighted by Gasteiger charge is -2.18. The summed E-state index contributed by atoms with van der Waals surface area (Å²) in [6, 6.07) is 16.0. The Morgan fingerprint density at radius 3 is 2.32 bits per heavy atom. The van der Waals surface area contributed by atoms with Crippen LogP contribution in [-0.2, 0) is 12.8 Å². The third-order valence-electron chi connectivity index (χ3n) is 3.33. The molecule has 1 aromatic heterocycles. The van der Waals surface area contributed by atoms with Crippen LogP contribution < -0.4 is 0 Å². The van der Waals surface area contributed by atoms with Crippen molar-refractivity contribution in [2.75, 3.05) is 0 Å². The molecule has 0 spiro atoms. The molecule has 0 fully saturated rings. The van der Waals surface area contributed by atoms with Gasteiger partial charge >= 0.3 is 0 Å². The Morgan fingerprint density at radius 1 is 1.05 bits per heavy atom. The van der Waals surface area contributed by atoms with Gasteiger partial charge in [0.25, 0.3) is 0 Å². The van der Waals surface area contributed by atoms with Gasteiger partial charge < -0.3 is 4.42 Å². The zero-order valence-electron chi connectivity index (χ0n) is 14.1. The standard InChI is InChI=1S/C19H26OSSi/c1-5-17-11-12-18(20-17)13-16(15-22(2,3)4)14-21-19-9-7-6-8-10-19/h6-12,14H,5,13,15H2,1-4H3/b16-14-. The topological polar surface area (TPSA) is 13.1 Å². The normalized spacial score (nSPS) is 12.6. The molecule has 0 bridgehead atoms. The molecule has 1 heterocycles. The summed E-state index contributed by atoms with van der Waals surface area (Å²) in [4.78, 5) is 1.30. The van der Waals surface area contributed by atoms with E-state index in [1.807, 2.05) is 11.8 Å². The lowest BCUT2D eigenvalue weighted by molar-refractivity contribution is 0.477. The molecule has 118 valence electrons. The number of allylic oxidation sites excluding steroid dienone is 1. The predicted octanol–water partition coefficient (Wildman–Crippen LogP) is 6.40. The van der Waals surface area contributed by atoms with E-state index in [0.29, 0.717) is 0 Å². The number of thioether (sulfide) groups is 1. The van der Waals surface area contributed by atoms with Crippen LogP contribution in [-0.4, -0.2) is 8.07 Å². The minimum atomic E-state index is -1.14. The predicted molar refractivity (Wildman–Crippen MR) is 100 cm³/mol. The molecular weight excluding hydrogens is 304 g/mol. The highest BCUT2D eigenvalue weighted by Gasteiger charge is 2.17. The van der Waals surface area contributed by atoms with Crippen LogP contribution in [0.25, 0.3) is 0 Å². The molecule has 0 atom stereocenters. The molecule has 0 amide bonds. The van der Waals surface area contributed by atoms with Gasteiger partial charge in [-0.25, -0.2) is 0 Å². The molecular formula is C19H26OSSi. The van der Waals surface area contributed by atoms with E-state index in [-0.39, 0.29) is 0 Å². The molecule has 0 saturated heterocycles. The largest absolute Gasteiger partial charge is 0.466 e. The number of aryl methyl sites for hydroxylation is 1. The summed E-state index contributed by atoms with van der Waals surface area (Å²) in [6.45, 7) is 9.40. The van der Waals surface area contributed by atoms with E-state index >= 15 is 0 Å². The molecule has 0 radical (unpaired) electrons. The Kier molecular flexibility index (Phi) is 6.15. The van der Waals surface area contributed by atoms with Gasteiger partial charge in [0, 0.05) is 25.8 Å². The summed E-state index contributed by atoms with van der Waals surface area (Å²) < 4.78 is 5.90. The monoisotopic (exact) mass is 330 g/mol. The molecule has 22 heavy (non-hydrogen) atoms. The Labute approximate surface area is 139 Å². The molecule has 0 saturated carbocycles. The summed E-state index contributed by atoms with van der Waals surface area (Å²) in [5.74, 6) is 2.17. The summed E-state index contributed by atoms with van der Waals surface area (Å²) in [7, 11) is -1.14. The molecule has 1 nitrogen and oxygen atoms in total.